The van der Waals surface area contributed by atoms with Crippen LogP contribution in [-0.2, 0) is 0 Å². The standard InChI is InChI=1S/C23H31N3/c1-22(2,3)17-24-15-18-7-11-20(12-8-18)21-13-9-19(10-14-21)16-25-26-23(4,5)6/h7-16,26H,17H2,1-6H3/b24-15?,25-16+. The number of nitrogens with one attached hydrogen (secondary N) is 1. The predicted octanol–water partition coefficient (Wildman–Crippen LogP) is 5.54. The van der Waals surface area contributed by atoms with Crippen LogP contribution in [0.4, 0.5) is 0 Å². The Labute approximate surface area is 158 Å². The molecule has 0 saturated carbocycles. The number of nitrogens with zero attached hydrogens (tertiary/aromatic N) is 2. The molecule has 3 nitrogen and oxygen atoms in total. The Hall–Kier alpha value is -2.42. The molecule has 0 aliphatic heterocycles. The maximum Gasteiger partial charge on any atom is 0.0540 e. The number of hydrazone groups is 1. The van der Waals surface area contributed by atoms with Gasteiger partial charge in [0.2, 0.25) is 0 Å². The zero-order valence-corrected chi connectivity index (χ0v) is 16.9. The van der Waals surface area contributed by atoms with Gasteiger partial charge in [0.25, 0.3) is 0 Å². The predicted molar refractivity (Wildman–Crippen MR) is 114 cm³/mol. The van der Waals surface area contributed by atoms with Crippen LogP contribution in [0.2, 0.25) is 0 Å². The van der Waals surface area contributed by atoms with Crippen LogP contribution in [0.1, 0.15) is 52.7 Å². The van der Waals surface area contributed by atoms with Crippen molar-refractivity contribution in [2.45, 2.75) is 47.1 Å². The van der Waals surface area contributed by atoms with Gasteiger partial charge >= 0.3 is 0 Å². The van der Waals surface area contributed by atoms with Crippen LogP contribution in [0.25, 0.3) is 11.1 Å². The molecule has 0 bridgehead atoms. The van der Waals surface area contributed by atoms with E-state index in [-0.39, 0.29) is 11.0 Å². The highest BCUT2D eigenvalue weighted by Gasteiger charge is 2.07. The summed E-state index contributed by atoms with van der Waals surface area (Å²) in [6.45, 7) is 13.7. The van der Waals surface area contributed by atoms with E-state index in [9.17, 15) is 0 Å². The molecule has 0 fully saturated rings. The fourth-order valence-corrected chi connectivity index (χ4v) is 2.25. The number of aliphatic imine (C=N–C) groups is 1. The van der Waals surface area contributed by atoms with Gasteiger partial charge < -0.3 is 5.43 Å². The molecule has 2 aromatic rings. The second-order valence-electron chi connectivity index (χ2n) is 8.89. The van der Waals surface area contributed by atoms with Crippen LogP contribution in [-0.4, -0.2) is 24.5 Å². The highest BCUT2D eigenvalue weighted by molar-refractivity contribution is 5.82. The summed E-state index contributed by atoms with van der Waals surface area (Å²) >= 11 is 0. The van der Waals surface area contributed by atoms with Gasteiger partial charge in [0, 0.05) is 18.3 Å². The average Bonchev–Trinajstić information content (AvgIpc) is 2.54. The van der Waals surface area contributed by atoms with E-state index in [2.05, 4.69) is 106 Å². The molecule has 0 aliphatic carbocycles. The Kier molecular flexibility index (Phi) is 6.36. The maximum atomic E-state index is 4.53. The van der Waals surface area contributed by atoms with Gasteiger partial charge in [0.1, 0.15) is 0 Å². The fourth-order valence-electron chi connectivity index (χ4n) is 2.25. The van der Waals surface area contributed by atoms with Crippen LogP contribution in [0.3, 0.4) is 0 Å². The summed E-state index contributed by atoms with van der Waals surface area (Å²) in [4.78, 5) is 4.53. The molecule has 3 heteroatoms. The summed E-state index contributed by atoms with van der Waals surface area (Å²) in [5, 5.41) is 4.28. The molecule has 138 valence electrons. The minimum Gasteiger partial charge on any atom is -0.305 e. The van der Waals surface area contributed by atoms with E-state index in [1.165, 1.54) is 11.1 Å². The van der Waals surface area contributed by atoms with Crippen molar-refractivity contribution in [3.05, 3.63) is 59.7 Å². The van der Waals surface area contributed by atoms with Crippen LogP contribution in [0.15, 0.2) is 58.6 Å². The zero-order valence-electron chi connectivity index (χ0n) is 16.9. The van der Waals surface area contributed by atoms with Gasteiger partial charge in [-0.15, -0.1) is 0 Å². The van der Waals surface area contributed by atoms with Crippen LogP contribution in [0, 0.1) is 5.41 Å². The van der Waals surface area contributed by atoms with Crippen LogP contribution < -0.4 is 5.43 Å². The summed E-state index contributed by atoms with van der Waals surface area (Å²) in [5.74, 6) is 0. The Balaban J connectivity index is 2.01. The lowest BCUT2D eigenvalue weighted by molar-refractivity contribution is 0.430. The van der Waals surface area contributed by atoms with E-state index in [1.807, 2.05) is 12.4 Å². The smallest absolute Gasteiger partial charge is 0.0540 e. The number of benzene rings is 2. The van der Waals surface area contributed by atoms with Crippen molar-refractivity contribution in [1.82, 2.24) is 5.43 Å². The molecule has 0 saturated heterocycles. The van der Waals surface area contributed by atoms with E-state index in [1.54, 1.807) is 0 Å². The van der Waals surface area contributed by atoms with Gasteiger partial charge in [-0.05, 0) is 48.4 Å². The molecule has 0 aromatic heterocycles. The first kappa shape index (κ1) is 19.9. The van der Waals surface area contributed by atoms with Gasteiger partial charge in [-0.2, -0.15) is 5.10 Å². The summed E-state index contributed by atoms with van der Waals surface area (Å²) in [5.41, 5.74) is 7.93. The number of rotatable bonds is 5. The monoisotopic (exact) mass is 349 g/mol. The van der Waals surface area contributed by atoms with E-state index >= 15 is 0 Å². The first-order valence-corrected chi connectivity index (χ1v) is 9.13. The molecule has 0 spiro atoms. The zero-order chi connectivity index (χ0) is 19.2. The molecule has 2 rings (SSSR count). The highest BCUT2D eigenvalue weighted by atomic mass is 15.3. The molecule has 0 unspecified atom stereocenters. The third-order valence-electron chi connectivity index (χ3n) is 3.57. The lowest BCUT2D eigenvalue weighted by atomic mass is 9.97. The Morgan fingerprint density at radius 1 is 0.731 bits per heavy atom. The van der Waals surface area contributed by atoms with Gasteiger partial charge in [-0.25, -0.2) is 0 Å². The molecular formula is C23H31N3. The highest BCUT2D eigenvalue weighted by Crippen LogP contribution is 2.20. The van der Waals surface area contributed by atoms with E-state index in [4.69, 9.17) is 0 Å². The average molecular weight is 350 g/mol. The SMILES string of the molecule is CC(C)(C)CN=Cc1ccc(-c2ccc(/C=N/NC(C)(C)C)cc2)cc1. The van der Waals surface area contributed by atoms with Crippen LogP contribution in [0.5, 0.6) is 0 Å². The first-order valence-electron chi connectivity index (χ1n) is 9.13. The lowest BCUT2D eigenvalue weighted by Crippen LogP contribution is -2.31. The third kappa shape index (κ3) is 7.22. The van der Waals surface area contributed by atoms with Crippen molar-refractivity contribution in [2.24, 2.45) is 15.5 Å². The molecular weight excluding hydrogens is 318 g/mol. The topological polar surface area (TPSA) is 36.8 Å². The second kappa shape index (κ2) is 8.31. The molecule has 1 N–H and O–H groups in total. The molecule has 0 radical (unpaired) electrons. The van der Waals surface area contributed by atoms with Gasteiger partial charge in [-0.3, -0.25) is 4.99 Å². The minimum absolute atomic E-state index is 0.0195. The van der Waals surface area contributed by atoms with E-state index in [0.717, 1.165) is 17.7 Å². The summed E-state index contributed by atoms with van der Waals surface area (Å²) < 4.78 is 0. The first-order chi connectivity index (χ1) is 12.1. The van der Waals surface area contributed by atoms with Gasteiger partial charge in [0.05, 0.1) is 6.21 Å². The minimum atomic E-state index is -0.0195. The molecule has 2 aromatic carbocycles. The van der Waals surface area contributed by atoms with Crippen LogP contribution >= 0.6 is 0 Å². The second-order valence-corrected chi connectivity index (χ2v) is 8.89. The van der Waals surface area contributed by atoms with Gasteiger partial charge in [-0.1, -0.05) is 69.3 Å². The van der Waals surface area contributed by atoms with Gasteiger partial charge in [0.15, 0.2) is 0 Å². The number of hydrogen-bond acceptors (Lipinski definition) is 3. The van der Waals surface area contributed by atoms with Crippen molar-refractivity contribution >= 4 is 12.4 Å². The summed E-state index contributed by atoms with van der Waals surface area (Å²) in [6, 6.07) is 16.9. The summed E-state index contributed by atoms with van der Waals surface area (Å²) in [7, 11) is 0. The number of hydrogen-bond donors (Lipinski definition) is 1. The third-order valence-corrected chi connectivity index (χ3v) is 3.57. The molecule has 0 amide bonds. The van der Waals surface area contributed by atoms with Crippen molar-refractivity contribution in [1.29, 1.82) is 0 Å². The molecule has 0 atom stereocenters. The van der Waals surface area contributed by atoms with Crippen molar-refractivity contribution in [2.75, 3.05) is 6.54 Å². The maximum absolute atomic E-state index is 4.53. The molecule has 0 heterocycles. The molecule has 26 heavy (non-hydrogen) atoms. The normalized spacial score (nSPS) is 12.8. The Morgan fingerprint density at radius 2 is 1.19 bits per heavy atom. The van der Waals surface area contributed by atoms with Crippen molar-refractivity contribution < 1.29 is 0 Å². The van der Waals surface area contributed by atoms with E-state index < -0.39 is 0 Å². The Bertz CT molecular complexity index is 673. The molecule has 0 aliphatic rings. The lowest BCUT2D eigenvalue weighted by Gasteiger charge is -2.16. The largest absolute Gasteiger partial charge is 0.305 e. The Morgan fingerprint density at radius 3 is 1.62 bits per heavy atom. The van der Waals surface area contributed by atoms with Crippen molar-refractivity contribution in [3.8, 4) is 11.1 Å². The van der Waals surface area contributed by atoms with Crippen molar-refractivity contribution in [3.63, 3.8) is 0 Å². The fraction of sp³-hybridized carbons (Fsp3) is 0.391. The quantitative estimate of drug-likeness (QED) is 0.558. The summed E-state index contributed by atoms with van der Waals surface area (Å²) in [6.07, 6.45) is 3.81. The van der Waals surface area contributed by atoms with E-state index in [0.29, 0.717) is 0 Å².